The fourth-order valence-electron chi connectivity index (χ4n) is 2.98. The SMILES string of the molecule is CCNc1c(-c2ccnc(NC3CCC(O)CC3)n2)cnn1C. The van der Waals surface area contributed by atoms with Gasteiger partial charge in [0.15, 0.2) is 0 Å². The Morgan fingerprint density at radius 1 is 1.30 bits per heavy atom. The van der Waals surface area contributed by atoms with Gasteiger partial charge < -0.3 is 15.7 Å². The lowest BCUT2D eigenvalue weighted by Crippen LogP contribution is -2.28. The largest absolute Gasteiger partial charge is 0.393 e. The summed E-state index contributed by atoms with van der Waals surface area (Å²) in [5, 5.41) is 20.6. The number of aliphatic hydroxyl groups excluding tert-OH is 1. The first-order valence-electron chi connectivity index (χ1n) is 8.21. The molecule has 0 spiro atoms. The molecule has 3 N–H and O–H groups in total. The highest BCUT2D eigenvalue weighted by Crippen LogP contribution is 2.27. The molecule has 0 bridgehead atoms. The van der Waals surface area contributed by atoms with E-state index in [2.05, 4.69) is 32.6 Å². The summed E-state index contributed by atoms with van der Waals surface area (Å²) in [6, 6.07) is 2.23. The van der Waals surface area contributed by atoms with Gasteiger partial charge in [-0.05, 0) is 38.7 Å². The Balaban J connectivity index is 1.77. The highest BCUT2D eigenvalue weighted by atomic mass is 16.3. The van der Waals surface area contributed by atoms with Gasteiger partial charge in [-0.3, -0.25) is 4.68 Å². The predicted molar refractivity (Wildman–Crippen MR) is 90.3 cm³/mol. The molecule has 1 aliphatic carbocycles. The molecule has 0 aliphatic heterocycles. The number of aryl methyl sites for hydroxylation is 1. The quantitative estimate of drug-likeness (QED) is 0.782. The van der Waals surface area contributed by atoms with Gasteiger partial charge in [-0.25, -0.2) is 9.97 Å². The summed E-state index contributed by atoms with van der Waals surface area (Å²) in [4.78, 5) is 8.96. The maximum absolute atomic E-state index is 9.59. The summed E-state index contributed by atoms with van der Waals surface area (Å²) in [5.41, 5.74) is 1.82. The number of nitrogens with one attached hydrogen (secondary N) is 2. The second-order valence-corrected chi connectivity index (χ2v) is 5.98. The van der Waals surface area contributed by atoms with E-state index in [9.17, 15) is 5.11 Å². The summed E-state index contributed by atoms with van der Waals surface area (Å²) in [6.07, 6.45) is 7.01. The van der Waals surface area contributed by atoms with Gasteiger partial charge >= 0.3 is 0 Å². The third-order valence-electron chi connectivity index (χ3n) is 4.24. The molecule has 1 saturated carbocycles. The van der Waals surface area contributed by atoms with E-state index in [4.69, 9.17) is 0 Å². The van der Waals surface area contributed by atoms with Gasteiger partial charge in [-0.1, -0.05) is 0 Å². The van der Waals surface area contributed by atoms with Crippen LogP contribution in [0.25, 0.3) is 11.3 Å². The van der Waals surface area contributed by atoms with E-state index in [0.717, 1.165) is 49.3 Å². The Hall–Kier alpha value is -2.15. The lowest BCUT2D eigenvalue weighted by atomic mass is 9.93. The van der Waals surface area contributed by atoms with Gasteiger partial charge in [0.1, 0.15) is 5.82 Å². The first kappa shape index (κ1) is 15.7. The fourth-order valence-corrected chi connectivity index (χ4v) is 2.98. The topological polar surface area (TPSA) is 87.9 Å². The molecule has 23 heavy (non-hydrogen) atoms. The molecule has 1 aliphatic rings. The van der Waals surface area contributed by atoms with Crippen molar-refractivity contribution in [2.75, 3.05) is 17.2 Å². The van der Waals surface area contributed by atoms with Crippen molar-refractivity contribution in [1.82, 2.24) is 19.7 Å². The number of hydrogen-bond acceptors (Lipinski definition) is 6. The maximum atomic E-state index is 9.59. The van der Waals surface area contributed by atoms with E-state index >= 15 is 0 Å². The van der Waals surface area contributed by atoms with E-state index in [-0.39, 0.29) is 6.10 Å². The Morgan fingerprint density at radius 3 is 2.83 bits per heavy atom. The normalized spacial score (nSPS) is 21.2. The Morgan fingerprint density at radius 2 is 2.09 bits per heavy atom. The highest BCUT2D eigenvalue weighted by Gasteiger charge is 2.20. The lowest BCUT2D eigenvalue weighted by Gasteiger charge is -2.26. The Bertz CT molecular complexity index is 648. The van der Waals surface area contributed by atoms with Crippen LogP contribution in [-0.4, -0.2) is 43.5 Å². The minimum absolute atomic E-state index is 0.154. The van der Waals surface area contributed by atoms with Crippen LogP contribution < -0.4 is 10.6 Å². The van der Waals surface area contributed by atoms with Gasteiger partial charge in [0.25, 0.3) is 0 Å². The predicted octanol–water partition coefficient (Wildman–Crippen LogP) is 2.02. The molecule has 7 nitrogen and oxygen atoms in total. The first-order chi connectivity index (χ1) is 11.2. The average Bonchev–Trinajstić information content (AvgIpc) is 2.92. The van der Waals surface area contributed by atoms with Gasteiger partial charge in [-0.2, -0.15) is 5.10 Å². The van der Waals surface area contributed by atoms with Crippen molar-refractivity contribution in [3.63, 3.8) is 0 Å². The molecule has 124 valence electrons. The molecule has 2 aromatic heterocycles. The van der Waals surface area contributed by atoms with Gasteiger partial charge in [0.2, 0.25) is 5.95 Å². The minimum atomic E-state index is -0.154. The molecule has 1 fully saturated rings. The summed E-state index contributed by atoms with van der Waals surface area (Å²) >= 11 is 0. The third-order valence-corrected chi connectivity index (χ3v) is 4.24. The molecule has 0 radical (unpaired) electrons. The third kappa shape index (κ3) is 3.61. The van der Waals surface area contributed by atoms with E-state index < -0.39 is 0 Å². The van der Waals surface area contributed by atoms with Crippen LogP contribution in [0.15, 0.2) is 18.5 Å². The first-order valence-corrected chi connectivity index (χ1v) is 8.21. The van der Waals surface area contributed by atoms with Crippen LogP contribution >= 0.6 is 0 Å². The average molecular weight is 316 g/mol. The molecule has 7 heteroatoms. The second-order valence-electron chi connectivity index (χ2n) is 5.98. The zero-order valence-corrected chi connectivity index (χ0v) is 13.7. The van der Waals surface area contributed by atoms with Crippen molar-refractivity contribution in [3.05, 3.63) is 18.5 Å². The van der Waals surface area contributed by atoms with Crippen LogP contribution in [-0.2, 0) is 7.05 Å². The standard InChI is InChI=1S/C16H24N6O/c1-3-17-15-13(10-19-22(15)2)14-8-9-18-16(21-14)20-11-4-6-12(23)7-5-11/h8-12,17,23H,3-7H2,1-2H3,(H,18,20,21). The lowest BCUT2D eigenvalue weighted by molar-refractivity contribution is 0.126. The maximum Gasteiger partial charge on any atom is 0.223 e. The number of aliphatic hydroxyl groups is 1. The number of anilines is 2. The Kier molecular flexibility index (Phi) is 4.76. The number of nitrogens with zero attached hydrogens (tertiary/aromatic N) is 4. The van der Waals surface area contributed by atoms with E-state index in [0.29, 0.717) is 12.0 Å². The summed E-state index contributed by atoms with van der Waals surface area (Å²) in [6.45, 7) is 2.88. The van der Waals surface area contributed by atoms with Crippen LogP contribution in [0.3, 0.4) is 0 Å². The van der Waals surface area contributed by atoms with Crippen molar-refractivity contribution >= 4 is 11.8 Å². The molecule has 3 rings (SSSR count). The van der Waals surface area contributed by atoms with Crippen LogP contribution in [0.1, 0.15) is 32.6 Å². The summed E-state index contributed by atoms with van der Waals surface area (Å²) in [7, 11) is 1.91. The van der Waals surface area contributed by atoms with Crippen LogP contribution in [0, 0.1) is 0 Å². The molecular formula is C16H24N6O. The Labute approximate surface area is 136 Å². The molecule has 0 atom stereocenters. The molecule has 0 unspecified atom stereocenters. The molecule has 2 heterocycles. The molecule has 0 aromatic carbocycles. The molecule has 0 amide bonds. The fraction of sp³-hybridized carbons (Fsp3) is 0.562. The minimum Gasteiger partial charge on any atom is -0.393 e. The summed E-state index contributed by atoms with van der Waals surface area (Å²) in [5.74, 6) is 1.59. The van der Waals surface area contributed by atoms with Crippen molar-refractivity contribution in [2.24, 2.45) is 7.05 Å². The second kappa shape index (κ2) is 6.95. The monoisotopic (exact) mass is 316 g/mol. The summed E-state index contributed by atoms with van der Waals surface area (Å²) < 4.78 is 1.82. The van der Waals surface area contributed by atoms with Gasteiger partial charge in [0.05, 0.1) is 23.6 Å². The highest BCUT2D eigenvalue weighted by molar-refractivity contribution is 5.72. The van der Waals surface area contributed by atoms with Crippen molar-refractivity contribution in [1.29, 1.82) is 0 Å². The van der Waals surface area contributed by atoms with Gasteiger partial charge in [-0.15, -0.1) is 0 Å². The van der Waals surface area contributed by atoms with E-state index in [1.807, 2.05) is 24.0 Å². The number of aromatic nitrogens is 4. The van der Waals surface area contributed by atoms with Crippen molar-refractivity contribution in [2.45, 2.75) is 44.8 Å². The molecule has 0 saturated heterocycles. The van der Waals surface area contributed by atoms with Gasteiger partial charge in [0, 0.05) is 25.8 Å². The zero-order valence-electron chi connectivity index (χ0n) is 13.7. The van der Waals surface area contributed by atoms with E-state index in [1.54, 1.807) is 6.20 Å². The van der Waals surface area contributed by atoms with Crippen molar-refractivity contribution in [3.8, 4) is 11.3 Å². The number of hydrogen-bond donors (Lipinski definition) is 3. The molecule has 2 aromatic rings. The van der Waals surface area contributed by atoms with Crippen LogP contribution in [0.4, 0.5) is 11.8 Å². The van der Waals surface area contributed by atoms with E-state index in [1.165, 1.54) is 0 Å². The van der Waals surface area contributed by atoms with Crippen LogP contribution in [0.2, 0.25) is 0 Å². The van der Waals surface area contributed by atoms with Crippen molar-refractivity contribution < 1.29 is 5.11 Å². The zero-order chi connectivity index (χ0) is 16.2. The molecular weight excluding hydrogens is 292 g/mol. The van der Waals surface area contributed by atoms with Crippen LogP contribution in [0.5, 0.6) is 0 Å². The smallest absolute Gasteiger partial charge is 0.223 e. The number of rotatable bonds is 5.